The topological polar surface area (TPSA) is 32.7 Å². The number of benzene rings is 1. The number of aliphatic hydroxyl groups excluding tert-OH is 1. The molecule has 1 saturated heterocycles. The first-order chi connectivity index (χ1) is 9.29. The highest BCUT2D eigenvalue weighted by atomic mass is 19.1. The van der Waals surface area contributed by atoms with E-state index in [0.29, 0.717) is 12.4 Å². The van der Waals surface area contributed by atoms with Gasteiger partial charge in [0.15, 0.2) is 0 Å². The lowest BCUT2D eigenvalue weighted by atomic mass is 10.1. The molecule has 0 saturated carbocycles. The van der Waals surface area contributed by atoms with Crippen molar-refractivity contribution in [1.29, 1.82) is 0 Å². The van der Waals surface area contributed by atoms with Crippen molar-refractivity contribution >= 4 is 0 Å². The molecular formula is C15H22FNO2. The largest absolute Gasteiger partial charge is 0.492 e. The van der Waals surface area contributed by atoms with Crippen LogP contribution in [0.25, 0.3) is 0 Å². The molecular weight excluding hydrogens is 245 g/mol. The van der Waals surface area contributed by atoms with Gasteiger partial charge in [0, 0.05) is 12.6 Å². The molecule has 1 aromatic carbocycles. The Labute approximate surface area is 114 Å². The number of hydrogen-bond donors (Lipinski definition) is 1. The Morgan fingerprint density at radius 2 is 2.00 bits per heavy atom. The van der Waals surface area contributed by atoms with E-state index in [0.717, 1.165) is 19.5 Å². The first-order valence-corrected chi connectivity index (χ1v) is 7.03. The molecule has 0 spiro atoms. The second-order valence-electron chi connectivity index (χ2n) is 5.02. The van der Waals surface area contributed by atoms with Gasteiger partial charge in [0.25, 0.3) is 0 Å². The molecule has 106 valence electrons. The van der Waals surface area contributed by atoms with Gasteiger partial charge < -0.3 is 9.84 Å². The molecule has 1 aromatic rings. The van der Waals surface area contributed by atoms with Gasteiger partial charge in [-0.15, -0.1) is 0 Å². The number of likely N-dealkylation sites (tertiary alicyclic amines) is 1. The molecule has 1 heterocycles. The SMILES string of the molecule is OCC1CCCCCN1CCOc1ccc(F)cc1. The van der Waals surface area contributed by atoms with Crippen LogP contribution < -0.4 is 4.74 Å². The van der Waals surface area contributed by atoms with Crippen LogP contribution in [0.3, 0.4) is 0 Å². The highest BCUT2D eigenvalue weighted by molar-refractivity contribution is 5.21. The lowest BCUT2D eigenvalue weighted by molar-refractivity contribution is 0.108. The summed E-state index contributed by atoms with van der Waals surface area (Å²) in [6.07, 6.45) is 4.69. The fourth-order valence-corrected chi connectivity index (χ4v) is 2.55. The minimum atomic E-state index is -0.250. The van der Waals surface area contributed by atoms with Crippen molar-refractivity contribution in [2.24, 2.45) is 0 Å². The van der Waals surface area contributed by atoms with Gasteiger partial charge in [0.2, 0.25) is 0 Å². The number of ether oxygens (including phenoxy) is 1. The normalized spacial score (nSPS) is 21.1. The monoisotopic (exact) mass is 267 g/mol. The van der Waals surface area contributed by atoms with Crippen molar-refractivity contribution < 1.29 is 14.2 Å². The molecule has 0 radical (unpaired) electrons. The van der Waals surface area contributed by atoms with Gasteiger partial charge in [-0.25, -0.2) is 4.39 Å². The standard InChI is InChI=1S/C15H22FNO2/c16-13-5-7-15(8-6-13)19-11-10-17-9-3-1-2-4-14(17)12-18/h5-8,14,18H,1-4,9-12H2. The summed E-state index contributed by atoms with van der Waals surface area (Å²) >= 11 is 0. The van der Waals surface area contributed by atoms with Crippen molar-refractivity contribution in [2.45, 2.75) is 31.7 Å². The first-order valence-electron chi connectivity index (χ1n) is 7.03. The van der Waals surface area contributed by atoms with Crippen molar-refractivity contribution in [3.63, 3.8) is 0 Å². The molecule has 0 bridgehead atoms. The average molecular weight is 267 g/mol. The van der Waals surface area contributed by atoms with Crippen LogP contribution in [0, 0.1) is 5.82 Å². The molecule has 0 aromatic heterocycles. The summed E-state index contributed by atoms with van der Waals surface area (Å²) < 4.78 is 18.4. The summed E-state index contributed by atoms with van der Waals surface area (Å²) in [6, 6.07) is 6.34. The summed E-state index contributed by atoms with van der Waals surface area (Å²) in [5.74, 6) is 0.442. The van der Waals surface area contributed by atoms with Gasteiger partial charge >= 0.3 is 0 Å². The van der Waals surface area contributed by atoms with Gasteiger partial charge in [-0.2, -0.15) is 0 Å². The van der Waals surface area contributed by atoms with Crippen LogP contribution in [-0.2, 0) is 0 Å². The second-order valence-corrected chi connectivity index (χ2v) is 5.02. The van der Waals surface area contributed by atoms with E-state index in [9.17, 15) is 9.50 Å². The molecule has 1 N–H and O–H groups in total. The molecule has 4 heteroatoms. The Balaban J connectivity index is 1.78. The smallest absolute Gasteiger partial charge is 0.123 e. The van der Waals surface area contributed by atoms with Crippen LogP contribution in [0.2, 0.25) is 0 Å². The van der Waals surface area contributed by atoms with Crippen molar-refractivity contribution in [1.82, 2.24) is 4.90 Å². The Morgan fingerprint density at radius 3 is 2.74 bits per heavy atom. The van der Waals surface area contributed by atoms with Crippen molar-refractivity contribution in [3.8, 4) is 5.75 Å². The third-order valence-corrected chi connectivity index (χ3v) is 3.67. The lowest BCUT2D eigenvalue weighted by Crippen LogP contribution is -2.40. The zero-order chi connectivity index (χ0) is 13.5. The summed E-state index contributed by atoms with van der Waals surface area (Å²) in [6.45, 7) is 2.62. The third kappa shape index (κ3) is 4.48. The van der Waals surface area contributed by atoms with Crippen molar-refractivity contribution in [3.05, 3.63) is 30.1 Å². The summed E-state index contributed by atoms with van der Waals surface area (Å²) in [4.78, 5) is 2.30. The van der Waals surface area contributed by atoms with Crippen LogP contribution in [0.5, 0.6) is 5.75 Å². The zero-order valence-electron chi connectivity index (χ0n) is 11.2. The van der Waals surface area contributed by atoms with Crippen LogP contribution in [0.1, 0.15) is 25.7 Å². The first kappa shape index (κ1) is 14.3. The van der Waals surface area contributed by atoms with E-state index in [2.05, 4.69) is 4.90 Å². The molecule has 1 unspecified atom stereocenters. The minimum absolute atomic E-state index is 0.219. The maximum atomic E-state index is 12.8. The maximum Gasteiger partial charge on any atom is 0.123 e. The van der Waals surface area contributed by atoms with Gasteiger partial charge in [0.1, 0.15) is 18.2 Å². The van der Waals surface area contributed by atoms with Gasteiger partial charge in [0.05, 0.1) is 6.61 Å². The summed E-state index contributed by atoms with van der Waals surface area (Å²) in [5, 5.41) is 9.41. The molecule has 1 atom stereocenters. The predicted octanol–water partition coefficient (Wildman–Crippen LogP) is 2.44. The van der Waals surface area contributed by atoms with Gasteiger partial charge in [-0.3, -0.25) is 4.90 Å². The molecule has 1 aliphatic heterocycles. The van der Waals surface area contributed by atoms with Crippen LogP contribution in [-0.4, -0.2) is 42.4 Å². The Morgan fingerprint density at radius 1 is 1.21 bits per heavy atom. The quantitative estimate of drug-likeness (QED) is 0.889. The Bertz CT molecular complexity index is 369. The highest BCUT2D eigenvalue weighted by Gasteiger charge is 2.19. The molecule has 2 rings (SSSR count). The Kier molecular flexibility index (Phi) is 5.61. The van der Waals surface area contributed by atoms with E-state index in [4.69, 9.17) is 4.74 Å². The number of hydrogen-bond acceptors (Lipinski definition) is 3. The predicted molar refractivity (Wildman–Crippen MR) is 72.8 cm³/mol. The number of aliphatic hydroxyl groups is 1. The summed E-state index contributed by atoms with van der Waals surface area (Å²) in [5.41, 5.74) is 0. The van der Waals surface area contributed by atoms with E-state index < -0.39 is 0 Å². The van der Waals surface area contributed by atoms with Crippen molar-refractivity contribution in [2.75, 3.05) is 26.3 Å². The van der Waals surface area contributed by atoms with Gasteiger partial charge in [-0.1, -0.05) is 12.8 Å². The van der Waals surface area contributed by atoms with Crippen LogP contribution >= 0.6 is 0 Å². The van der Waals surface area contributed by atoms with Crippen LogP contribution in [0.15, 0.2) is 24.3 Å². The third-order valence-electron chi connectivity index (χ3n) is 3.67. The van der Waals surface area contributed by atoms with Crippen LogP contribution in [0.4, 0.5) is 4.39 Å². The molecule has 19 heavy (non-hydrogen) atoms. The van der Waals surface area contributed by atoms with E-state index in [1.54, 1.807) is 12.1 Å². The zero-order valence-corrected chi connectivity index (χ0v) is 11.2. The Hall–Kier alpha value is -1.13. The molecule has 0 aliphatic carbocycles. The molecule has 0 amide bonds. The fourth-order valence-electron chi connectivity index (χ4n) is 2.55. The maximum absolute atomic E-state index is 12.8. The molecule has 1 fully saturated rings. The van der Waals surface area contributed by atoms with E-state index in [1.807, 2.05) is 0 Å². The van der Waals surface area contributed by atoms with E-state index in [1.165, 1.54) is 31.4 Å². The fraction of sp³-hybridized carbons (Fsp3) is 0.600. The van der Waals surface area contributed by atoms with E-state index >= 15 is 0 Å². The molecule has 3 nitrogen and oxygen atoms in total. The van der Waals surface area contributed by atoms with Gasteiger partial charge in [-0.05, 0) is 43.7 Å². The lowest BCUT2D eigenvalue weighted by Gasteiger charge is -2.28. The number of rotatable bonds is 5. The highest BCUT2D eigenvalue weighted by Crippen LogP contribution is 2.16. The minimum Gasteiger partial charge on any atom is -0.492 e. The number of nitrogens with zero attached hydrogens (tertiary/aromatic N) is 1. The average Bonchev–Trinajstić information content (AvgIpc) is 2.66. The number of halogens is 1. The molecule has 1 aliphatic rings. The summed E-state index contributed by atoms with van der Waals surface area (Å²) in [7, 11) is 0. The van der Waals surface area contributed by atoms with E-state index in [-0.39, 0.29) is 18.5 Å². The second kappa shape index (κ2) is 7.46.